The monoisotopic (exact) mass is 753 g/mol. The number of alkyl halides is 1. The van der Waals surface area contributed by atoms with Crippen LogP contribution in [0.5, 0.6) is 0 Å². The number of nitrogens with two attached hydrogens (primary N) is 2. The van der Waals surface area contributed by atoms with Crippen LogP contribution in [0.15, 0.2) is 48.5 Å². The van der Waals surface area contributed by atoms with Crippen molar-refractivity contribution < 1.29 is 56.5 Å². The van der Waals surface area contributed by atoms with Crippen molar-refractivity contribution in [3.8, 4) is 0 Å². The molecular formula is C31H51IKN6OS2-. The van der Waals surface area contributed by atoms with Crippen LogP contribution in [-0.2, 0) is 0 Å². The van der Waals surface area contributed by atoms with Crippen LogP contribution in [0, 0.1) is 7.43 Å². The number of para-hydroxylation sites is 2. The maximum atomic E-state index is 10.1. The number of fused-ring (bicyclic) bond motifs is 2. The summed E-state index contributed by atoms with van der Waals surface area (Å²) in [5.41, 5.74) is 3.80. The van der Waals surface area contributed by atoms with E-state index >= 15 is 0 Å². The molecular weight excluding hydrogens is 703 g/mol. The fourth-order valence-corrected chi connectivity index (χ4v) is 5.47. The topological polar surface area (TPSA) is 116 Å². The van der Waals surface area contributed by atoms with Crippen LogP contribution in [0.25, 0.3) is 20.4 Å². The summed E-state index contributed by atoms with van der Waals surface area (Å²) < 4.78 is 3.68. The summed E-state index contributed by atoms with van der Waals surface area (Å²) in [6.45, 7) is 10.2. The molecule has 0 unspecified atom stereocenters. The van der Waals surface area contributed by atoms with E-state index in [1.165, 1.54) is 54.1 Å². The molecule has 0 radical (unpaired) electrons. The van der Waals surface area contributed by atoms with Gasteiger partial charge in [0.25, 0.3) is 0 Å². The van der Waals surface area contributed by atoms with Gasteiger partial charge < -0.3 is 12.5 Å². The minimum Gasteiger partial charge on any atom is -0.850 e. The zero-order valence-electron chi connectivity index (χ0n) is 26.8. The van der Waals surface area contributed by atoms with Crippen molar-refractivity contribution >= 4 is 76.0 Å². The van der Waals surface area contributed by atoms with E-state index in [0.717, 1.165) is 39.0 Å². The Hall–Kier alpha value is 0.0664. The van der Waals surface area contributed by atoms with Crippen LogP contribution >= 0.6 is 45.3 Å². The van der Waals surface area contributed by atoms with Gasteiger partial charge in [0.15, 0.2) is 5.13 Å². The zero-order chi connectivity index (χ0) is 29.8. The van der Waals surface area contributed by atoms with E-state index in [0.29, 0.717) is 0 Å². The van der Waals surface area contributed by atoms with Crippen molar-refractivity contribution in [1.82, 2.24) is 9.97 Å². The average Bonchev–Trinajstić information content (AvgIpc) is 3.55. The maximum Gasteiger partial charge on any atom is 1.00 e. The number of halogens is 1. The number of benzene rings is 2. The molecule has 0 atom stereocenters. The molecule has 4 rings (SSSR count). The van der Waals surface area contributed by atoms with Crippen molar-refractivity contribution in [2.75, 3.05) is 21.4 Å². The Bertz CT molecular complexity index is 1110. The Morgan fingerprint density at radius 3 is 1.76 bits per heavy atom. The van der Waals surface area contributed by atoms with Gasteiger partial charge >= 0.3 is 51.4 Å². The van der Waals surface area contributed by atoms with Gasteiger partial charge in [0, 0.05) is 6.54 Å². The first-order chi connectivity index (χ1) is 19.1. The molecule has 2 aromatic carbocycles. The van der Waals surface area contributed by atoms with Crippen molar-refractivity contribution in [1.29, 1.82) is 0 Å². The van der Waals surface area contributed by atoms with E-state index in [9.17, 15) is 5.11 Å². The molecule has 0 saturated heterocycles. The first-order valence-electron chi connectivity index (χ1n) is 14.1. The number of anilines is 2. The molecule has 4 aromatic rings. The van der Waals surface area contributed by atoms with Crippen molar-refractivity contribution in [2.24, 2.45) is 11.7 Å². The summed E-state index contributed by atoms with van der Waals surface area (Å²) in [6, 6.07) is 16.1. The number of hydrazine groups is 2. The third-order valence-corrected chi connectivity index (χ3v) is 7.99. The number of hydrogen-bond acceptors (Lipinski definition) is 9. The molecule has 0 aliphatic heterocycles. The second-order valence-corrected chi connectivity index (χ2v) is 13.3. The van der Waals surface area contributed by atoms with Gasteiger partial charge in [-0.05, 0) is 41.5 Å². The van der Waals surface area contributed by atoms with Crippen LogP contribution in [-0.4, -0.2) is 26.5 Å². The second kappa shape index (κ2) is 26.3. The number of nitrogen functional groups attached to an aromatic ring is 1. The van der Waals surface area contributed by atoms with Crippen molar-refractivity contribution in [3.05, 3.63) is 56.0 Å². The minimum atomic E-state index is -0.750. The van der Waals surface area contributed by atoms with E-state index in [1.54, 1.807) is 48.5 Å². The Balaban J connectivity index is 0. The number of hydrogen-bond donors (Lipinski definition) is 3. The van der Waals surface area contributed by atoms with Crippen LogP contribution in [0.2, 0.25) is 0 Å². The smallest absolute Gasteiger partial charge is 0.850 e. The quantitative estimate of drug-likeness (QED) is 0.0341. The summed E-state index contributed by atoms with van der Waals surface area (Å²) in [5.74, 6) is 11.2. The third-order valence-electron chi connectivity index (χ3n) is 5.19. The maximum absolute atomic E-state index is 10.1. The van der Waals surface area contributed by atoms with Gasteiger partial charge in [-0.1, -0.05) is 143 Å². The Labute approximate surface area is 319 Å². The Morgan fingerprint density at radius 2 is 1.31 bits per heavy atom. The summed E-state index contributed by atoms with van der Waals surface area (Å²) >= 11 is 5.64. The normalized spacial score (nSPS) is 10.1. The molecule has 0 spiro atoms. The zero-order valence-corrected chi connectivity index (χ0v) is 33.7. The van der Waals surface area contributed by atoms with Gasteiger partial charge in [-0.25, -0.2) is 21.7 Å². The van der Waals surface area contributed by atoms with Crippen LogP contribution in [0.4, 0.5) is 10.3 Å². The molecule has 11 heteroatoms. The van der Waals surface area contributed by atoms with Gasteiger partial charge in [-0.15, -0.1) is 5.60 Å². The van der Waals surface area contributed by atoms with E-state index < -0.39 is 5.60 Å². The van der Waals surface area contributed by atoms with Crippen LogP contribution in [0.3, 0.4) is 0 Å². The van der Waals surface area contributed by atoms with Gasteiger partial charge in [-0.2, -0.15) is 0 Å². The predicted octanol–water partition coefficient (Wildman–Crippen LogP) is 5.74. The number of aromatic nitrogens is 2. The third kappa shape index (κ3) is 20.9. The van der Waals surface area contributed by atoms with E-state index in [4.69, 9.17) is 11.7 Å². The molecule has 0 aliphatic carbocycles. The minimum absolute atomic E-state index is 0. The predicted molar refractivity (Wildman–Crippen MR) is 192 cm³/mol. The Kier molecular flexibility index (Phi) is 27.7. The average molecular weight is 754 g/mol. The van der Waals surface area contributed by atoms with Crippen molar-refractivity contribution in [3.63, 3.8) is 0 Å². The molecule has 232 valence electrons. The summed E-state index contributed by atoms with van der Waals surface area (Å²) in [5, 5.41) is 13.6. The number of unbranched alkanes of at least 4 members (excludes halogenated alkanes) is 6. The molecule has 0 bridgehead atoms. The molecule has 2 heterocycles. The second-order valence-electron chi connectivity index (χ2n) is 10.2. The van der Waals surface area contributed by atoms with Crippen molar-refractivity contribution in [2.45, 2.75) is 91.6 Å². The SMILES string of the molecule is CC(C)(C)[O-].CCCCCCI.CCCCCCN(N)c1nc2ccccc2s1.NNc1nc2ccccc2s1.[CH3-].[K+]. The number of rotatable bonds is 11. The Morgan fingerprint density at radius 1 is 0.833 bits per heavy atom. The fraction of sp³-hybridized carbons (Fsp3) is 0.516. The molecule has 0 amide bonds. The van der Waals surface area contributed by atoms with E-state index in [2.05, 4.69) is 57.9 Å². The van der Waals surface area contributed by atoms with Crippen LogP contribution < -0.4 is 78.6 Å². The fourth-order valence-electron chi connectivity index (χ4n) is 3.24. The molecule has 0 fully saturated rings. The van der Waals surface area contributed by atoms with E-state index in [1.807, 2.05) is 42.5 Å². The van der Waals surface area contributed by atoms with Gasteiger partial charge in [0.2, 0.25) is 5.13 Å². The number of thiazole rings is 2. The first-order valence-corrected chi connectivity index (χ1v) is 17.2. The van der Waals surface area contributed by atoms with Gasteiger partial charge in [0.1, 0.15) is 0 Å². The molecule has 42 heavy (non-hydrogen) atoms. The first kappa shape index (κ1) is 44.2. The molecule has 5 N–H and O–H groups in total. The molecule has 7 nitrogen and oxygen atoms in total. The van der Waals surface area contributed by atoms with E-state index in [-0.39, 0.29) is 58.8 Å². The summed E-state index contributed by atoms with van der Waals surface area (Å²) in [4.78, 5) is 8.74. The largest absolute Gasteiger partial charge is 1.00 e. The molecule has 0 aliphatic rings. The number of nitrogens with one attached hydrogen (secondary N) is 1. The number of nitrogens with zero attached hydrogens (tertiary/aromatic N) is 3. The summed E-state index contributed by atoms with van der Waals surface area (Å²) in [7, 11) is 0. The molecule has 0 saturated carbocycles. The summed E-state index contributed by atoms with van der Waals surface area (Å²) in [6.07, 6.45) is 10.5. The standard InChI is InChI=1S/C13H19N3S.C7H7N3S.C6H13I.C4H9O.CH3.K/c1-2-3-4-7-10-16(14)13-15-11-8-5-6-9-12(11)17-13;8-10-7-9-5-3-1-2-4-6(5)11-7;1-2-3-4-5-6-7;1-4(2,3)5;;/h5-6,8-9H,2-4,7,10,14H2,1H3;1-4H,8H2,(H,9,10);2-6H2,1H3;1-3H3;1H3;/q;;;2*-1;+1. The molecule has 2 aromatic heterocycles. The van der Waals surface area contributed by atoms with Gasteiger partial charge in [0.05, 0.1) is 20.4 Å². The van der Waals surface area contributed by atoms with Gasteiger partial charge in [-0.3, -0.25) is 10.4 Å². The van der Waals surface area contributed by atoms with Crippen LogP contribution in [0.1, 0.15) is 86.0 Å².